The van der Waals surface area contributed by atoms with Gasteiger partial charge in [-0.15, -0.1) is 6.42 Å². The van der Waals surface area contributed by atoms with Crippen molar-refractivity contribution >= 4 is 38.5 Å². The van der Waals surface area contributed by atoms with E-state index in [-0.39, 0.29) is 39.5 Å². The zero-order valence-electron chi connectivity index (χ0n) is 19.5. The number of hydrogen-bond donors (Lipinski definition) is 1. The molecule has 5 rings (SSSR count). The van der Waals surface area contributed by atoms with Gasteiger partial charge in [-0.1, -0.05) is 12.0 Å². The van der Waals surface area contributed by atoms with Gasteiger partial charge in [0.25, 0.3) is 0 Å². The average Bonchev–Trinajstić information content (AvgIpc) is 3.04. The van der Waals surface area contributed by atoms with Crippen LogP contribution in [0.2, 0.25) is 0 Å². The van der Waals surface area contributed by atoms with Gasteiger partial charge < -0.3 is 14.7 Å². The molecule has 1 unspecified atom stereocenters. The second-order valence-corrected chi connectivity index (χ2v) is 9.91. The van der Waals surface area contributed by atoms with Gasteiger partial charge in [-0.25, -0.2) is 17.3 Å². The first-order valence-corrected chi connectivity index (χ1v) is 12.3. The van der Waals surface area contributed by atoms with Crippen molar-refractivity contribution in [3.05, 3.63) is 47.7 Å². The summed E-state index contributed by atoms with van der Waals surface area (Å²) in [5.41, 5.74) is -0.154. The Morgan fingerprint density at radius 1 is 1.19 bits per heavy atom. The summed E-state index contributed by atoms with van der Waals surface area (Å²) in [6, 6.07) is 5.31. The van der Waals surface area contributed by atoms with Crippen LogP contribution >= 0.6 is 0 Å². The Morgan fingerprint density at radius 3 is 2.75 bits per heavy atom. The normalized spacial score (nSPS) is 16.8. The Kier molecular flexibility index (Phi) is 6.15. The fraction of sp³-hybridized carbons (Fsp3) is 0.240. The standard InChI is InChI=1S/C25H21F2N5O3S/c1-4-16-19(26)6-5-14-11-15(33)12-17(20(14)16)22-21(27)23-18(13-28-22)24(30-25(29-23)35-3)32-8-7-31(2)36(34)10-9-32/h1,5-6,11-13,33H,7-10H2,2-3H3. The fourth-order valence-electron chi connectivity index (χ4n) is 4.33. The predicted octanol–water partition coefficient (Wildman–Crippen LogP) is 3.23. The van der Waals surface area contributed by atoms with E-state index < -0.39 is 22.6 Å². The lowest BCUT2D eigenvalue weighted by atomic mass is 9.96. The molecular weight excluding hydrogens is 488 g/mol. The number of fused-ring (bicyclic) bond motifs is 2. The molecule has 1 aliphatic heterocycles. The van der Waals surface area contributed by atoms with Crippen LogP contribution in [0.4, 0.5) is 14.6 Å². The average molecular weight is 510 g/mol. The number of halogens is 2. The van der Waals surface area contributed by atoms with Crippen LogP contribution in [-0.4, -0.2) is 68.1 Å². The zero-order valence-corrected chi connectivity index (χ0v) is 20.3. The molecule has 0 bridgehead atoms. The van der Waals surface area contributed by atoms with Crippen LogP contribution in [0, 0.1) is 24.0 Å². The Labute approximate surface area is 208 Å². The number of pyridine rings is 1. The van der Waals surface area contributed by atoms with Gasteiger partial charge in [0.1, 0.15) is 28.6 Å². The number of hydrogen-bond acceptors (Lipinski definition) is 7. The molecule has 2 aromatic carbocycles. The van der Waals surface area contributed by atoms with Crippen LogP contribution in [0.3, 0.4) is 0 Å². The van der Waals surface area contributed by atoms with Crippen molar-refractivity contribution in [2.24, 2.45) is 0 Å². The van der Waals surface area contributed by atoms with E-state index >= 15 is 4.39 Å². The van der Waals surface area contributed by atoms with Crippen LogP contribution in [-0.2, 0) is 11.0 Å². The molecule has 36 heavy (non-hydrogen) atoms. The number of rotatable bonds is 3. The molecule has 0 spiro atoms. The molecule has 184 valence electrons. The van der Waals surface area contributed by atoms with E-state index in [1.807, 2.05) is 4.90 Å². The number of phenolic OH excluding ortho intramolecular Hbond substituents is 1. The van der Waals surface area contributed by atoms with Crippen molar-refractivity contribution in [3.63, 3.8) is 0 Å². The minimum Gasteiger partial charge on any atom is -0.508 e. The first-order valence-electron chi connectivity index (χ1n) is 11.0. The number of aromatic hydroxyl groups is 1. The molecule has 4 aromatic rings. The van der Waals surface area contributed by atoms with Crippen LogP contribution in [0.1, 0.15) is 5.56 Å². The molecule has 1 aliphatic rings. The predicted molar refractivity (Wildman–Crippen MR) is 134 cm³/mol. The van der Waals surface area contributed by atoms with Gasteiger partial charge in [-0.3, -0.25) is 4.98 Å². The molecule has 8 nitrogen and oxygen atoms in total. The number of aromatic nitrogens is 3. The Balaban J connectivity index is 1.75. The van der Waals surface area contributed by atoms with E-state index in [1.165, 1.54) is 37.6 Å². The van der Waals surface area contributed by atoms with E-state index in [4.69, 9.17) is 11.2 Å². The Hall–Kier alpha value is -3.88. The van der Waals surface area contributed by atoms with Gasteiger partial charge in [0.05, 0.1) is 34.8 Å². The van der Waals surface area contributed by atoms with Gasteiger partial charge in [-0.2, -0.15) is 9.97 Å². The van der Waals surface area contributed by atoms with E-state index in [0.29, 0.717) is 42.0 Å². The van der Waals surface area contributed by atoms with Crippen LogP contribution < -0.4 is 9.64 Å². The van der Waals surface area contributed by atoms with Crippen molar-refractivity contribution < 1.29 is 22.8 Å². The van der Waals surface area contributed by atoms with Gasteiger partial charge in [0.2, 0.25) is 0 Å². The Bertz CT molecular complexity index is 1590. The highest BCUT2D eigenvalue weighted by molar-refractivity contribution is 7.82. The van der Waals surface area contributed by atoms with Crippen molar-refractivity contribution in [2.75, 3.05) is 44.4 Å². The summed E-state index contributed by atoms with van der Waals surface area (Å²) in [4.78, 5) is 14.9. The molecule has 0 saturated carbocycles. The van der Waals surface area contributed by atoms with Crippen molar-refractivity contribution in [1.82, 2.24) is 19.3 Å². The largest absolute Gasteiger partial charge is 0.508 e. The molecule has 3 heterocycles. The third-order valence-corrected chi connectivity index (χ3v) is 7.55. The minimum absolute atomic E-state index is 0.0524. The summed E-state index contributed by atoms with van der Waals surface area (Å²) >= 11 is 0. The molecule has 0 aliphatic carbocycles. The SMILES string of the molecule is C#Cc1c(F)ccc2cc(O)cc(-c3ncc4c(N5CCN(C)S(=O)CC5)nc(OC)nc4c3F)c12. The highest BCUT2D eigenvalue weighted by atomic mass is 32.2. The first-order chi connectivity index (χ1) is 17.3. The number of terminal acetylenes is 1. The molecule has 0 amide bonds. The fourth-order valence-corrected chi connectivity index (χ4v) is 5.30. The lowest BCUT2D eigenvalue weighted by molar-refractivity contribution is 0.381. The monoisotopic (exact) mass is 509 g/mol. The number of ether oxygens (including phenoxy) is 1. The summed E-state index contributed by atoms with van der Waals surface area (Å²) in [6.45, 7) is 1.45. The van der Waals surface area contributed by atoms with Crippen LogP contribution in [0.15, 0.2) is 30.5 Å². The van der Waals surface area contributed by atoms with Gasteiger partial charge in [0.15, 0.2) is 5.82 Å². The third-order valence-electron chi connectivity index (χ3n) is 6.15. The summed E-state index contributed by atoms with van der Waals surface area (Å²) in [6.07, 6.45) is 7.00. The number of methoxy groups -OCH3 is 1. The van der Waals surface area contributed by atoms with Gasteiger partial charge in [-0.05, 0) is 30.6 Å². The quantitative estimate of drug-likeness (QED) is 0.424. The highest BCUT2D eigenvalue weighted by Crippen LogP contribution is 2.38. The summed E-state index contributed by atoms with van der Waals surface area (Å²) in [5.74, 6) is 1.50. The van der Waals surface area contributed by atoms with Crippen LogP contribution in [0.5, 0.6) is 11.8 Å². The van der Waals surface area contributed by atoms with Crippen molar-refractivity contribution in [2.45, 2.75) is 0 Å². The van der Waals surface area contributed by atoms with E-state index in [1.54, 1.807) is 11.4 Å². The molecule has 0 radical (unpaired) electrons. The summed E-state index contributed by atoms with van der Waals surface area (Å²) in [5, 5.41) is 11.3. The topological polar surface area (TPSA) is 91.7 Å². The maximum absolute atomic E-state index is 16.1. The second-order valence-electron chi connectivity index (χ2n) is 8.24. The molecule has 1 saturated heterocycles. The highest BCUT2D eigenvalue weighted by Gasteiger charge is 2.25. The molecular formula is C25H21F2N5O3S. The first kappa shape index (κ1) is 23.8. The number of nitrogens with zero attached hydrogens (tertiary/aromatic N) is 5. The maximum Gasteiger partial charge on any atom is 0.318 e. The zero-order chi connectivity index (χ0) is 25.6. The second kappa shape index (κ2) is 9.29. The number of likely N-dealkylation sites (N-methyl/N-ethyl adjacent to an activating group) is 1. The number of benzene rings is 2. The molecule has 2 aromatic heterocycles. The minimum atomic E-state index is -1.13. The van der Waals surface area contributed by atoms with E-state index in [9.17, 15) is 13.7 Å². The number of anilines is 1. The lowest BCUT2D eigenvalue weighted by Crippen LogP contribution is -2.30. The third kappa shape index (κ3) is 3.98. The van der Waals surface area contributed by atoms with Crippen molar-refractivity contribution in [1.29, 1.82) is 0 Å². The molecule has 1 atom stereocenters. The van der Waals surface area contributed by atoms with E-state index in [2.05, 4.69) is 20.9 Å². The smallest absolute Gasteiger partial charge is 0.318 e. The summed E-state index contributed by atoms with van der Waals surface area (Å²) in [7, 11) is 2.02. The lowest BCUT2D eigenvalue weighted by Gasteiger charge is -2.23. The molecule has 11 heteroatoms. The molecule has 1 N–H and O–H groups in total. The van der Waals surface area contributed by atoms with E-state index in [0.717, 1.165) is 0 Å². The molecule has 1 fully saturated rings. The van der Waals surface area contributed by atoms with Gasteiger partial charge >= 0.3 is 6.01 Å². The number of phenols is 1. The van der Waals surface area contributed by atoms with Crippen LogP contribution in [0.25, 0.3) is 32.9 Å². The van der Waals surface area contributed by atoms with Gasteiger partial charge in [0, 0.05) is 36.8 Å². The van der Waals surface area contributed by atoms with Crippen molar-refractivity contribution in [3.8, 4) is 35.4 Å². The maximum atomic E-state index is 16.1. The Morgan fingerprint density at radius 2 is 2.00 bits per heavy atom. The summed E-state index contributed by atoms with van der Waals surface area (Å²) < 4.78 is 49.9.